The lowest BCUT2D eigenvalue weighted by Crippen LogP contribution is -2.00. The molecule has 0 atom stereocenters. The van der Waals surface area contributed by atoms with Gasteiger partial charge in [-0.1, -0.05) is 171 Å². The lowest BCUT2D eigenvalue weighted by atomic mass is 9.88. The Morgan fingerprint density at radius 1 is 0.379 bits per heavy atom. The van der Waals surface area contributed by atoms with Crippen LogP contribution >= 0.6 is 0 Å². The predicted molar refractivity (Wildman–Crippen MR) is 241 cm³/mol. The summed E-state index contributed by atoms with van der Waals surface area (Å²) in [5.74, 6) is 1.90. The third kappa shape index (κ3) is 6.35. The van der Waals surface area contributed by atoms with E-state index in [1.807, 2.05) is 24.3 Å². The molecule has 0 unspecified atom stereocenters. The molecular weight excluding hydrogens is 705 g/mol. The monoisotopic (exact) mass is 744 g/mol. The fourth-order valence-corrected chi connectivity index (χ4v) is 8.34. The molecule has 8 aromatic carbocycles. The average molecular weight is 745 g/mol. The van der Waals surface area contributed by atoms with E-state index in [2.05, 4.69) is 188 Å². The Morgan fingerprint density at radius 3 is 1.59 bits per heavy atom. The molecule has 0 aliphatic heterocycles. The van der Waals surface area contributed by atoms with Crippen molar-refractivity contribution in [3.8, 4) is 73.2 Å². The van der Waals surface area contributed by atoms with Gasteiger partial charge in [0, 0.05) is 33.2 Å². The van der Waals surface area contributed by atoms with E-state index in [0.29, 0.717) is 17.5 Å². The molecule has 0 bridgehead atoms. The maximum atomic E-state index is 5.15. The number of aryl methyl sites for hydroxylation is 1. The van der Waals surface area contributed by atoms with E-state index in [1.54, 1.807) is 0 Å². The molecule has 0 N–H and O–H groups in total. The van der Waals surface area contributed by atoms with Crippen LogP contribution in [0.3, 0.4) is 0 Å². The zero-order valence-corrected chi connectivity index (χ0v) is 32.5. The minimum atomic E-state index is 0.629. The molecule has 0 fully saturated rings. The van der Waals surface area contributed by atoms with Crippen molar-refractivity contribution in [3.63, 3.8) is 0 Å². The molecule has 0 saturated heterocycles. The van der Waals surface area contributed by atoms with Crippen molar-refractivity contribution in [2.45, 2.75) is 20.3 Å². The molecule has 0 aliphatic rings. The summed E-state index contributed by atoms with van der Waals surface area (Å²) in [5.41, 5.74) is 16.2. The Bertz CT molecular complexity index is 3080. The quantitative estimate of drug-likeness (QED) is 0.156. The van der Waals surface area contributed by atoms with Gasteiger partial charge >= 0.3 is 0 Å². The second-order valence-corrected chi connectivity index (χ2v) is 14.8. The normalized spacial score (nSPS) is 11.3. The largest absolute Gasteiger partial charge is 0.309 e. The Labute approximate surface area is 338 Å². The van der Waals surface area contributed by atoms with Gasteiger partial charge in [0.05, 0.1) is 11.0 Å². The SMILES string of the molecule is CCc1c(-c2ccc3c(c2)c2ccc(-c4nc(-c5ccccc5)nc(-c5ccc(-c6ccccc6)cc5)n4)cc2n3-c2ccccc2)cccc1-c1ccccc1C. The van der Waals surface area contributed by atoms with E-state index in [4.69, 9.17) is 15.0 Å². The number of rotatable bonds is 8. The first-order chi connectivity index (χ1) is 28.6. The highest BCUT2D eigenvalue weighted by molar-refractivity contribution is 6.11. The van der Waals surface area contributed by atoms with Crippen molar-refractivity contribution < 1.29 is 0 Å². The molecule has 10 aromatic rings. The van der Waals surface area contributed by atoms with Crippen LogP contribution in [0.2, 0.25) is 0 Å². The molecule has 4 nitrogen and oxygen atoms in total. The molecule has 0 saturated carbocycles. The third-order valence-corrected chi connectivity index (χ3v) is 11.2. The van der Waals surface area contributed by atoms with Crippen LogP contribution in [-0.4, -0.2) is 19.5 Å². The third-order valence-electron chi connectivity index (χ3n) is 11.2. The van der Waals surface area contributed by atoms with Gasteiger partial charge in [0.1, 0.15) is 0 Å². The number of para-hydroxylation sites is 1. The summed E-state index contributed by atoms with van der Waals surface area (Å²) in [6.07, 6.45) is 0.934. The van der Waals surface area contributed by atoms with Gasteiger partial charge in [-0.3, -0.25) is 0 Å². The summed E-state index contributed by atoms with van der Waals surface area (Å²) in [6.45, 7) is 4.46. The summed E-state index contributed by atoms with van der Waals surface area (Å²) in [6, 6.07) is 68.7. The van der Waals surface area contributed by atoms with E-state index in [0.717, 1.165) is 45.4 Å². The van der Waals surface area contributed by atoms with Gasteiger partial charge in [0.25, 0.3) is 0 Å². The van der Waals surface area contributed by atoms with Crippen LogP contribution in [0.1, 0.15) is 18.1 Å². The molecule has 2 aromatic heterocycles. The number of fused-ring (bicyclic) bond motifs is 3. The fraction of sp³-hybridized carbons (Fsp3) is 0.0556. The smallest absolute Gasteiger partial charge is 0.164 e. The average Bonchev–Trinajstić information content (AvgIpc) is 3.62. The van der Waals surface area contributed by atoms with Gasteiger partial charge in [-0.15, -0.1) is 0 Å². The molecule has 10 rings (SSSR count). The molecular formula is C54H40N4. The molecule has 58 heavy (non-hydrogen) atoms. The van der Waals surface area contributed by atoms with Crippen molar-refractivity contribution in [2.24, 2.45) is 0 Å². The van der Waals surface area contributed by atoms with Crippen LogP contribution in [0.4, 0.5) is 0 Å². The van der Waals surface area contributed by atoms with Crippen molar-refractivity contribution in [2.75, 3.05) is 0 Å². The van der Waals surface area contributed by atoms with Gasteiger partial charge in [-0.2, -0.15) is 0 Å². The summed E-state index contributed by atoms with van der Waals surface area (Å²) in [7, 11) is 0. The summed E-state index contributed by atoms with van der Waals surface area (Å²) >= 11 is 0. The van der Waals surface area contributed by atoms with Crippen LogP contribution in [0, 0.1) is 6.92 Å². The van der Waals surface area contributed by atoms with E-state index in [9.17, 15) is 0 Å². The molecule has 276 valence electrons. The van der Waals surface area contributed by atoms with Gasteiger partial charge in [0.15, 0.2) is 17.5 Å². The molecule has 0 radical (unpaired) electrons. The topological polar surface area (TPSA) is 43.6 Å². The molecule has 0 amide bonds. The minimum Gasteiger partial charge on any atom is -0.309 e. The van der Waals surface area contributed by atoms with E-state index >= 15 is 0 Å². The number of benzene rings is 8. The maximum Gasteiger partial charge on any atom is 0.164 e. The minimum absolute atomic E-state index is 0.629. The fourth-order valence-electron chi connectivity index (χ4n) is 8.34. The summed E-state index contributed by atoms with van der Waals surface area (Å²) < 4.78 is 2.37. The van der Waals surface area contributed by atoms with Gasteiger partial charge < -0.3 is 4.57 Å². The lowest BCUT2D eigenvalue weighted by Gasteiger charge is -2.16. The highest BCUT2D eigenvalue weighted by atomic mass is 15.0. The van der Waals surface area contributed by atoms with E-state index in [1.165, 1.54) is 49.7 Å². The second-order valence-electron chi connectivity index (χ2n) is 14.8. The predicted octanol–water partition coefficient (Wildman–Crippen LogP) is 13.8. The Balaban J connectivity index is 1.14. The van der Waals surface area contributed by atoms with E-state index < -0.39 is 0 Å². The Morgan fingerprint density at radius 2 is 0.897 bits per heavy atom. The number of nitrogens with zero attached hydrogens (tertiary/aromatic N) is 4. The molecule has 4 heteroatoms. The molecule has 0 aliphatic carbocycles. The zero-order valence-electron chi connectivity index (χ0n) is 32.5. The van der Waals surface area contributed by atoms with Gasteiger partial charge in [-0.25, -0.2) is 15.0 Å². The molecule has 2 heterocycles. The highest BCUT2D eigenvalue weighted by Crippen LogP contribution is 2.40. The Hall–Kier alpha value is -7.43. The van der Waals surface area contributed by atoms with Crippen molar-refractivity contribution in [3.05, 3.63) is 205 Å². The van der Waals surface area contributed by atoms with Crippen LogP contribution in [-0.2, 0) is 6.42 Å². The van der Waals surface area contributed by atoms with Crippen LogP contribution in [0.5, 0.6) is 0 Å². The second kappa shape index (κ2) is 14.9. The maximum absolute atomic E-state index is 5.15. The zero-order chi connectivity index (χ0) is 39.0. The summed E-state index contributed by atoms with van der Waals surface area (Å²) in [4.78, 5) is 15.3. The summed E-state index contributed by atoms with van der Waals surface area (Å²) in [5, 5.41) is 2.37. The van der Waals surface area contributed by atoms with Crippen LogP contribution in [0.25, 0.3) is 95.0 Å². The lowest BCUT2D eigenvalue weighted by molar-refractivity contribution is 1.07. The first-order valence-electron chi connectivity index (χ1n) is 19.9. The Kier molecular flexibility index (Phi) is 9.00. The number of hydrogen-bond donors (Lipinski definition) is 0. The first-order valence-corrected chi connectivity index (χ1v) is 19.9. The number of hydrogen-bond acceptors (Lipinski definition) is 3. The standard InChI is InChI=1S/C54H40N4/c1-3-44-46(24-15-25-47(44)45-23-14-13-16-36(45)2)41-31-33-50-49(34-41)48-32-30-42(35-51(48)58(50)43-21-11-6-12-22-43)54-56-52(39-19-9-5-10-20-39)55-53(57-54)40-28-26-38(27-29-40)37-17-7-4-8-18-37/h4-35H,3H2,1-2H3. The van der Waals surface area contributed by atoms with Crippen molar-refractivity contribution >= 4 is 21.8 Å². The highest BCUT2D eigenvalue weighted by Gasteiger charge is 2.19. The van der Waals surface area contributed by atoms with Crippen molar-refractivity contribution in [1.82, 2.24) is 19.5 Å². The van der Waals surface area contributed by atoms with Crippen molar-refractivity contribution in [1.29, 1.82) is 0 Å². The van der Waals surface area contributed by atoms with Crippen LogP contribution < -0.4 is 0 Å². The first kappa shape index (κ1) is 35.0. The van der Waals surface area contributed by atoms with Gasteiger partial charge in [-0.05, 0) is 88.2 Å². The van der Waals surface area contributed by atoms with Gasteiger partial charge in [0.2, 0.25) is 0 Å². The number of aromatic nitrogens is 4. The van der Waals surface area contributed by atoms with Crippen LogP contribution in [0.15, 0.2) is 194 Å². The molecule has 0 spiro atoms. The van der Waals surface area contributed by atoms with E-state index in [-0.39, 0.29) is 0 Å².